The molecule has 0 bridgehead atoms. The molecule has 0 aliphatic carbocycles. The van der Waals surface area contributed by atoms with Crippen LogP contribution < -0.4 is 29.1 Å². The van der Waals surface area contributed by atoms with Crippen LogP contribution in [-0.4, -0.2) is 38.0 Å². The van der Waals surface area contributed by atoms with Gasteiger partial charge in [-0.05, 0) is 50.6 Å². The van der Waals surface area contributed by atoms with Crippen molar-refractivity contribution in [2.24, 2.45) is 4.99 Å². The van der Waals surface area contributed by atoms with Crippen LogP contribution >= 0.6 is 27.3 Å². The highest BCUT2D eigenvalue weighted by atomic mass is 79.9. The van der Waals surface area contributed by atoms with E-state index in [-0.39, 0.29) is 17.7 Å². The van der Waals surface area contributed by atoms with Crippen molar-refractivity contribution in [2.75, 3.05) is 27.4 Å². The molecule has 2 heterocycles. The van der Waals surface area contributed by atoms with Gasteiger partial charge in [-0.1, -0.05) is 45.5 Å². The molecule has 1 aromatic heterocycles. The van der Waals surface area contributed by atoms with Gasteiger partial charge < -0.3 is 18.9 Å². The molecule has 10 heteroatoms. The quantitative estimate of drug-likeness (QED) is 0.371. The number of ether oxygens (including phenoxy) is 4. The van der Waals surface area contributed by atoms with Gasteiger partial charge in [-0.3, -0.25) is 9.36 Å². The molecule has 4 rings (SSSR count). The van der Waals surface area contributed by atoms with Gasteiger partial charge in [-0.15, -0.1) is 0 Å². The van der Waals surface area contributed by atoms with Crippen molar-refractivity contribution in [3.63, 3.8) is 0 Å². The summed E-state index contributed by atoms with van der Waals surface area (Å²) in [5.41, 5.74) is 1.88. The smallest absolute Gasteiger partial charge is 0.338 e. The van der Waals surface area contributed by atoms with E-state index in [1.54, 1.807) is 46.3 Å². The van der Waals surface area contributed by atoms with Crippen LogP contribution in [0.1, 0.15) is 37.9 Å². The van der Waals surface area contributed by atoms with Crippen molar-refractivity contribution in [2.45, 2.75) is 26.8 Å². The molecule has 1 aliphatic rings. The van der Waals surface area contributed by atoms with Crippen LogP contribution in [0.2, 0.25) is 0 Å². The minimum absolute atomic E-state index is 0.189. The molecule has 0 fully saturated rings. The van der Waals surface area contributed by atoms with E-state index in [4.69, 9.17) is 18.9 Å². The lowest BCUT2D eigenvalue weighted by molar-refractivity contribution is -0.139. The molecular weight excluding hydrogens is 560 g/mol. The van der Waals surface area contributed by atoms with Gasteiger partial charge in [0.25, 0.3) is 5.56 Å². The average Bonchev–Trinajstić information content (AvgIpc) is 3.18. The average molecular weight is 587 g/mol. The van der Waals surface area contributed by atoms with Crippen molar-refractivity contribution in [1.29, 1.82) is 0 Å². The van der Waals surface area contributed by atoms with Crippen molar-refractivity contribution in [3.05, 3.63) is 83.0 Å². The minimum Gasteiger partial charge on any atom is -0.496 e. The van der Waals surface area contributed by atoms with Gasteiger partial charge in [-0.25, -0.2) is 9.79 Å². The van der Waals surface area contributed by atoms with Gasteiger partial charge in [0, 0.05) is 10.0 Å². The number of rotatable bonds is 8. The molecule has 1 atom stereocenters. The van der Waals surface area contributed by atoms with E-state index in [1.165, 1.54) is 15.9 Å². The maximum absolute atomic E-state index is 13.9. The number of hydrogen-bond acceptors (Lipinski definition) is 8. The van der Waals surface area contributed by atoms with Gasteiger partial charge in [0.2, 0.25) is 0 Å². The molecule has 0 amide bonds. The maximum Gasteiger partial charge on any atom is 0.338 e. The van der Waals surface area contributed by atoms with Gasteiger partial charge in [0.1, 0.15) is 5.75 Å². The number of hydrogen-bond donors (Lipinski definition) is 0. The Kier molecular flexibility index (Phi) is 8.19. The highest BCUT2D eigenvalue weighted by Crippen LogP contribution is 2.41. The van der Waals surface area contributed by atoms with Crippen molar-refractivity contribution in [3.8, 4) is 17.2 Å². The van der Waals surface area contributed by atoms with E-state index in [0.29, 0.717) is 48.9 Å². The number of methoxy groups -OCH3 is 2. The molecule has 3 aromatic rings. The van der Waals surface area contributed by atoms with Crippen LogP contribution in [0.3, 0.4) is 0 Å². The molecule has 0 saturated carbocycles. The normalized spacial score (nSPS) is 15.2. The van der Waals surface area contributed by atoms with Crippen LogP contribution in [0.25, 0.3) is 6.08 Å². The first kappa shape index (κ1) is 26.7. The van der Waals surface area contributed by atoms with E-state index in [9.17, 15) is 9.59 Å². The lowest BCUT2D eigenvalue weighted by Crippen LogP contribution is -2.40. The Morgan fingerprint density at radius 1 is 1.11 bits per heavy atom. The summed E-state index contributed by atoms with van der Waals surface area (Å²) in [5.74, 6) is 1.14. The zero-order valence-corrected chi connectivity index (χ0v) is 23.6. The number of benzene rings is 2. The first-order valence-corrected chi connectivity index (χ1v) is 13.3. The lowest BCUT2D eigenvalue weighted by atomic mass is 9.95. The van der Waals surface area contributed by atoms with Crippen molar-refractivity contribution < 1.29 is 23.7 Å². The number of fused-ring (bicyclic) bond motifs is 1. The number of thiazole rings is 1. The highest BCUT2D eigenvalue weighted by molar-refractivity contribution is 9.10. The number of halogens is 1. The molecule has 37 heavy (non-hydrogen) atoms. The fourth-order valence-electron chi connectivity index (χ4n) is 4.20. The Hall–Kier alpha value is -3.37. The molecule has 0 radical (unpaired) electrons. The summed E-state index contributed by atoms with van der Waals surface area (Å²) < 4.78 is 24.8. The molecule has 1 aliphatic heterocycles. The van der Waals surface area contributed by atoms with Crippen LogP contribution in [0, 0.1) is 0 Å². The minimum atomic E-state index is -0.797. The molecule has 0 spiro atoms. The molecule has 2 aromatic carbocycles. The maximum atomic E-state index is 13.9. The number of carbonyl (C=O) groups excluding carboxylic acids is 1. The number of aromatic nitrogens is 1. The van der Waals surface area contributed by atoms with E-state index in [1.807, 2.05) is 31.2 Å². The third kappa shape index (κ3) is 5.08. The Balaban J connectivity index is 2.01. The molecule has 0 saturated heterocycles. The summed E-state index contributed by atoms with van der Waals surface area (Å²) in [7, 11) is 3.13. The Morgan fingerprint density at radius 3 is 2.51 bits per heavy atom. The Labute approximate surface area is 226 Å². The third-order valence-electron chi connectivity index (χ3n) is 5.82. The van der Waals surface area contributed by atoms with Gasteiger partial charge in [-0.2, -0.15) is 0 Å². The molecule has 0 N–H and O–H groups in total. The number of carbonyl (C=O) groups is 1. The van der Waals surface area contributed by atoms with Crippen LogP contribution in [0.15, 0.2) is 61.9 Å². The van der Waals surface area contributed by atoms with Crippen LogP contribution in [0.4, 0.5) is 0 Å². The third-order valence-corrected chi connectivity index (χ3v) is 7.49. The van der Waals surface area contributed by atoms with Crippen molar-refractivity contribution in [1.82, 2.24) is 4.57 Å². The number of nitrogens with zero attached hydrogens (tertiary/aromatic N) is 2. The predicted molar refractivity (Wildman–Crippen MR) is 145 cm³/mol. The molecule has 8 nitrogen and oxygen atoms in total. The first-order chi connectivity index (χ1) is 17.8. The SMILES string of the molecule is CCOC(=O)C1=C(C)N=c2s/c(=C/c3ccccc3OC)c(=O)n2[C@H]1c1cc(OC)c(OCC)cc1Br. The standard InChI is InChI=1S/C27H27BrN2O6S/c1-6-35-21-14-18(28)17(13-20(21)34-5)24-23(26(32)36-7-2)15(3)29-27-30(24)25(31)22(37-27)12-16-10-8-9-11-19(16)33-4/h8-14,24H,6-7H2,1-5H3/b22-12+/t24-/m0/s1. The fraction of sp³-hybridized carbons (Fsp3) is 0.296. The van der Waals surface area contributed by atoms with E-state index >= 15 is 0 Å². The second-order valence-corrected chi connectivity index (χ2v) is 9.87. The zero-order valence-electron chi connectivity index (χ0n) is 21.2. The number of esters is 1. The van der Waals surface area contributed by atoms with E-state index < -0.39 is 12.0 Å². The van der Waals surface area contributed by atoms with Crippen LogP contribution in [-0.2, 0) is 9.53 Å². The highest BCUT2D eigenvalue weighted by Gasteiger charge is 2.35. The largest absolute Gasteiger partial charge is 0.496 e. The van der Waals surface area contributed by atoms with E-state index in [2.05, 4.69) is 20.9 Å². The second kappa shape index (κ2) is 11.4. The fourth-order valence-corrected chi connectivity index (χ4v) is 5.78. The first-order valence-electron chi connectivity index (χ1n) is 11.7. The van der Waals surface area contributed by atoms with E-state index in [0.717, 1.165) is 5.56 Å². The predicted octanol–water partition coefficient (Wildman–Crippen LogP) is 3.98. The van der Waals surface area contributed by atoms with Gasteiger partial charge >= 0.3 is 5.97 Å². The number of para-hydroxylation sites is 1. The Morgan fingerprint density at radius 2 is 1.84 bits per heavy atom. The van der Waals surface area contributed by atoms with Gasteiger partial charge in [0.05, 0.1) is 49.3 Å². The Bertz CT molecular complexity index is 1560. The summed E-state index contributed by atoms with van der Waals surface area (Å²) in [6.45, 7) is 6.01. The molecular formula is C27H27BrN2O6S. The monoisotopic (exact) mass is 586 g/mol. The second-order valence-electron chi connectivity index (χ2n) is 8.00. The number of allylic oxidation sites excluding steroid dienone is 1. The lowest BCUT2D eigenvalue weighted by Gasteiger charge is -2.26. The van der Waals surface area contributed by atoms with Crippen molar-refractivity contribution >= 4 is 39.3 Å². The molecule has 194 valence electrons. The zero-order chi connectivity index (χ0) is 26.7. The summed E-state index contributed by atoms with van der Waals surface area (Å²) in [5, 5.41) is 0. The topological polar surface area (TPSA) is 88.4 Å². The summed E-state index contributed by atoms with van der Waals surface area (Å²) >= 11 is 4.88. The summed E-state index contributed by atoms with van der Waals surface area (Å²) in [4.78, 5) is 32.1. The molecule has 0 unspecified atom stereocenters. The summed E-state index contributed by atoms with van der Waals surface area (Å²) in [6, 6.07) is 10.2. The van der Waals surface area contributed by atoms with Crippen LogP contribution in [0.5, 0.6) is 17.2 Å². The summed E-state index contributed by atoms with van der Waals surface area (Å²) in [6.07, 6.45) is 1.77. The van der Waals surface area contributed by atoms with Gasteiger partial charge in [0.15, 0.2) is 16.3 Å².